The first kappa shape index (κ1) is 10.2. The lowest BCUT2D eigenvalue weighted by molar-refractivity contribution is 0.458. The molecule has 0 aliphatic heterocycles. The monoisotopic (exact) mass is 217 g/mol. The summed E-state index contributed by atoms with van der Waals surface area (Å²) in [7, 11) is 0. The number of rotatable bonds is 3. The minimum atomic E-state index is -0.0651. The quantitative estimate of drug-likeness (QED) is 0.531. The zero-order chi connectivity index (χ0) is 11.5. The molecule has 0 amide bonds. The molecule has 0 aromatic carbocycles. The van der Waals surface area contributed by atoms with E-state index in [1.54, 1.807) is 18.3 Å². The van der Waals surface area contributed by atoms with Gasteiger partial charge in [-0.1, -0.05) is 0 Å². The summed E-state index contributed by atoms with van der Waals surface area (Å²) in [6.07, 6.45) is 3.06. The summed E-state index contributed by atoms with van der Waals surface area (Å²) >= 11 is 0. The van der Waals surface area contributed by atoms with Gasteiger partial charge in [-0.15, -0.1) is 5.10 Å². The van der Waals surface area contributed by atoms with E-state index in [-0.39, 0.29) is 5.84 Å². The van der Waals surface area contributed by atoms with Gasteiger partial charge in [-0.3, -0.25) is 15.5 Å². The van der Waals surface area contributed by atoms with E-state index in [2.05, 4.69) is 15.2 Å². The van der Waals surface area contributed by atoms with E-state index in [1.807, 2.05) is 6.92 Å². The lowest BCUT2D eigenvalue weighted by atomic mass is 10.2. The van der Waals surface area contributed by atoms with E-state index in [4.69, 9.17) is 15.9 Å². The zero-order valence-corrected chi connectivity index (χ0v) is 8.69. The largest absolute Gasteiger partial charge is 0.435 e. The van der Waals surface area contributed by atoms with E-state index >= 15 is 0 Å². The van der Waals surface area contributed by atoms with Crippen molar-refractivity contribution in [3.8, 4) is 11.6 Å². The molecule has 2 aromatic heterocycles. The van der Waals surface area contributed by atoms with Crippen LogP contribution in [0.4, 0.5) is 0 Å². The van der Waals surface area contributed by atoms with Gasteiger partial charge in [-0.2, -0.15) is 0 Å². The second-order valence-electron chi connectivity index (χ2n) is 3.28. The van der Waals surface area contributed by atoms with Gasteiger partial charge in [0, 0.05) is 18.0 Å². The first-order chi connectivity index (χ1) is 7.66. The molecule has 0 aliphatic rings. The second kappa shape index (κ2) is 4.01. The standard InChI is InChI=1S/C10H11N5O/c1-6-4-9(15-14-6)16-8-5-13-3-2-7(8)10(11)12/h2-5H,1H3,(H3,11,12)(H,14,15). The van der Waals surface area contributed by atoms with Crippen LogP contribution in [-0.2, 0) is 0 Å². The lowest BCUT2D eigenvalue weighted by Gasteiger charge is -2.06. The van der Waals surface area contributed by atoms with E-state index in [9.17, 15) is 0 Å². The Morgan fingerprint density at radius 2 is 2.38 bits per heavy atom. The first-order valence-electron chi connectivity index (χ1n) is 4.65. The predicted octanol–water partition coefficient (Wildman–Crippen LogP) is 1.19. The predicted molar refractivity (Wildman–Crippen MR) is 58.7 cm³/mol. The molecule has 16 heavy (non-hydrogen) atoms. The topological polar surface area (TPSA) is 101 Å². The molecule has 2 rings (SSSR count). The van der Waals surface area contributed by atoms with Gasteiger partial charge >= 0.3 is 0 Å². The Morgan fingerprint density at radius 1 is 1.56 bits per heavy atom. The molecule has 0 saturated carbocycles. The third-order valence-corrected chi connectivity index (χ3v) is 1.97. The summed E-state index contributed by atoms with van der Waals surface area (Å²) < 4.78 is 5.47. The maximum absolute atomic E-state index is 7.39. The number of nitrogens with zero attached hydrogens (tertiary/aromatic N) is 2. The van der Waals surface area contributed by atoms with Crippen LogP contribution in [0.3, 0.4) is 0 Å². The van der Waals surface area contributed by atoms with Crippen LogP contribution in [0.1, 0.15) is 11.3 Å². The summed E-state index contributed by atoms with van der Waals surface area (Å²) in [6, 6.07) is 3.37. The maximum atomic E-state index is 7.39. The van der Waals surface area contributed by atoms with Gasteiger partial charge < -0.3 is 10.5 Å². The van der Waals surface area contributed by atoms with Crippen molar-refractivity contribution in [2.24, 2.45) is 5.73 Å². The number of nitrogens with two attached hydrogens (primary N) is 1. The molecule has 0 aliphatic carbocycles. The van der Waals surface area contributed by atoms with Crippen LogP contribution < -0.4 is 10.5 Å². The first-order valence-corrected chi connectivity index (χ1v) is 4.65. The number of nitrogen functional groups attached to an aromatic ring is 1. The highest BCUT2D eigenvalue weighted by atomic mass is 16.5. The third-order valence-electron chi connectivity index (χ3n) is 1.97. The number of hydrogen-bond donors (Lipinski definition) is 3. The SMILES string of the molecule is Cc1cc(Oc2cnccc2C(=N)N)n[nH]1. The van der Waals surface area contributed by atoms with Crippen molar-refractivity contribution in [2.75, 3.05) is 0 Å². The summed E-state index contributed by atoms with van der Waals surface area (Å²) in [6.45, 7) is 1.87. The Bertz CT molecular complexity index is 519. The molecule has 0 saturated heterocycles. The van der Waals surface area contributed by atoms with Crippen molar-refractivity contribution in [1.82, 2.24) is 15.2 Å². The van der Waals surface area contributed by atoms with Crippen LogP contribution in [0.15, 0.2) is 24.5 Å². The number of ether oxygens (including phenoxy) is 1. The molecule has 0 unspecified atom stereocenters. The van der Waals surface area contributed by atoms with Gasteiger partial charge in [0.15, 0.2) is 5.75 Å². The minimum absolute atomic E-state index is 0.0651. The number of aryl methyl sites for hydroxylation is 1. The van der Waals surface area contributed by atoms with E-state index in [0.717, 1.165) is 5.69 Å². The number of H-pyrrole nitrogens is 1. The Balaban J connectivity index is 2.31. The summed E-state index contributed by atoms with van der Waals surface area (Å²) in [5.41, 5.74) is 6.81. The Labute approximate surface area is 92.0 Å². The average molecular weight is 217 g/mol. The number of aromatic nitrogens is 3. The Hall–Kier alpha value is -2.37. The molecule has 0 radical (unpaired) electrons. The molecule has 0 spiro atoms. The molecule has 0 fully saturated rings. The normalized spacial score (nSPS) is 10.1. The summed E-state index contributed by atoms with van der Waals surface area (Å²) in [4.78, 5) is 3.92. The van der Waals surface area contributed by atoms with Crippen LogP contribution in [0.5, 0.6) is 11.6 Å². The van der Waals surface area contributed by atoms with Gasteiger partial charge in [-0.05, 0) is 13.0 Å². The molecule has 0 bridgehead atoms. The fourth-order valence-electron chi connectivity index (χ4n) is 1.24. The molecule has 82 valence electrons. The van der Waals surface area contributed by atoms with Crippen LogP contribution in [0.25, 0.3) is 0 Å². The third kappa shape index (κ3) is 2.00. The number of aromatic amines is 1. The van der Waals surface area contributed by atoms with Crippen molar-refractivity contribution >= 4 is 5.84 Å². The molecular formula is C10H11N5O. The van der Waals surface area contributed by atoms with E-state index < -0.39 is 0 Å². The van der Waals surface area contributed by atoms with Gasteiger partial charge in [0.2, 0.25) is 5.88 Å². The van der Waals surface area contributed by atoms with Gasteiger partial charge in [0.25, 0.3) is 0 Å². The highest BCUT2D eigenvalue weighted by Gasteiger charge is 2.08. The molecule has 2 heterocycles. The van der Waals surface area contributed by atoms with Crippen molar-refractivity contribution in [3.05, 3.63) is 35.8 Å². The van der Waals surface area contributed by atoms with Gasteiger partial charge in [0.05, 0.1) is 11.8 Å². The van der Waals surface area contributed by atoms with Gasteiger partial charge in [-0.25, -0.2) is 0 Å². The number of nitrogens with one attached hydrogen (secondary N) is 2. The average Bonchev–Trinajstić information content (AvgIpc) is 2.64. The van der Waals surface area contributed by atoms with Crippen molar-refractivity contribution in [1.29, 1.82) is 5.41 Å². The minimum Gasteiger partial charge on any atom is -0.435 e. The summed E-state index contributed by atoms with van der Waals surface area (Å²) in [5, 5.41) is 14.1. The number of pyridine rings is 1. The molecule has 6 heteroatoms. The van der Waals surface area contributed by atoms with E-state index in [0.29, 0.717) is 17.2 Å². The maximum Gasteiger partial charge on any atom is 0.238 e. The van der Waals surface area contributed by atoms with Crippen molar-refractivity contribution in [2.45, 2.75) is 6.92 Å². The molecule has 0 atom stereocenters. The molecular weight excluding hydrogens is 206 g/mol. The Morgan fingerprint density at radius 3 is 3.00 bits per heavy atom. The number of amidine groups is 1. The second-order valence-corrected chi connectivity index (χ2v) is 3.28. The fourth-order valence-corrected chi connectivity index (χ4v) is 1.24. The Kier molecular flexibility index (Phi) is 2.55. The smallest absolute Gasteiger partial charge is 0.238 e. The van der Waals surface area contributed by atoms with Crippen LogP contribution in [-0.4, -0.2) is 21.0 Å². The lowest BCUT2D eigenvalue weighted by Crippen LogP contribution is -2.12. The van der Waals surface area contributed by atoms with E-state index in [1.165, 1.54) is 6.20 Å². The highest BCUT2D eigenvalue weighted by molar-refractivity contribution is 5.97. The zero-order valence-electron chi connectivity index (χ0n) is 8.69. The van der Waals surface area contributed by atoms with Crippen LogP contribution >= 0.6 is 0 Å². The van der Waals surface area contributed by atoms with Crippen LogP contribution in [0.2, 0.25) is 0 Å². The summed E-state index contributed by atoms with van der Waals surface area (Å²) in [5.74, 6) is 0.777. The van der Waals surface area contributed by atoms with Crippen molar-refractivity contribution in [3.63, 3.8) is 0 Å². The molecule has 6 nitrogen and oxygen atoms in total. The van der Waals surface area contributed by atoms with Crippen LogP contribution in [0, 0.1) is 12.3 Å². The molecule has 4 N–H and O–H groups in total. The van der Waals surface area contributed by atoms with Gasteiger partial charge in [0.1, 0.15) is 5.84 Å². The number of hydrogen-bond acceptors (Lipinski definition) is 4. The highest BCUT2D eigenvalue weighted by Crippen LogP contribution is 2.22. The fraction of sp³-hybridized carbons (Fsp3) is 0.100. The van der Waals surface area contributed by atoms with Crippen molar-refractivity contribution < 1.29 is 4.74 Å². The molecule has 2 aromatic rings.